The van der Waals surface area contributed by atoms with Crippen molar-refractivity contribution in [2.24, 2.45) is 0 Å². The van der Waals surface area contributed by atoms with Gasteiger partial charge in [-0.15, -0.1) is 0 Å². The highest BCUT2D eigenvalue weighted by atomic mass is 19.4. The van der Waals surface area contributed by atoms with Gasteiger partial charge in [0.15, 0.2) is 0 Å². The van der Waals surface area contributed by atoms with E-state index in [2.05, 4.69) is 15.2 Å². The van der Waals surface area contributed by atoms with E-state index in [9.17, 15) is 18.0 Å². The number of halogens is 3. The number of pyridine rings is 1. The third-order valence-electron chi connectivity index (χ3n) is 4.64. The smallest absolute Gasteiger partial charge is 0.366 e. The Kier molecular flexibility index (Phi) is 6.50. The minimum Gasteiger partial charge on any atom is -0.366 e. The van der Waals surface area contributed by atoms with Crippen molar-refractivity contribution in [2.45, 2.75) is 25.2 Å². The van der Waals surface area contributed by atoms with Crippen LogP contribution >= 0.6 is 0 Å². The van der Waals surface area contributed by atoms with Crippen molar-refractivity contribution < 1.29 is 23.2 Å². The van der Waals surface area contributed by atoms with Crippen molar-refractivity contribution in [3.05, 3.63) is 65.4 Å². The van der Waals surface area contributed by atoms with Gasteiger partial charge in [-0.25, -0.2) is 10.5 Å². The molecular weight excluding hydrogens is 385 g/mol. The van der Waals surface area contributed by atoms with Crippen molar-refractivity contribution >= 4 is 17.8 Å². The molecule has 1 amide bonds. The van der Waals surface area contributed by atoms with Gasteiger partial charge in [0, 0.05) is 37.9 Å². The maximum atomic E-state index is 12.6. The summed E-state index contributed by atoms with van der Waals surface area (Å²) in [5.74, 6) is 0.0847. The number of anilines is 1. The molecular formula is C20H21F3N4O2. The molecule has 9 heteroatoms. The summed E-state index contributed by atoms with van der Waals surface area (Å²) in [7, 11) is 0. The van der Waals surface area contributed by atoms with E-state index in [0.29, 0.717) is 12.4 Å². The summed E-state index contributed by atoms with van der Waals surface area (Å²) in [6.45, 7) is 2.21. The third kappa shape index (κ3) is 6.03. The Morgan fingerprint density at radius 2 is 2.00 bits per heavy atom. The molecule has 2 heterocycles. The fourth-order valence-corrected chi connectivity index (χ4v) is 3.16. The average Bonchev–Trinajstić information content (AvgIpc) is 3.13. The highest BCUT2D eigenvalue weighted by molar-refractivity contribution is 5.90. The lowest BCUT2D eigenvalue weighted by molar-refractivity contribution is -0.137. The summed E-state index contributed by atoms with van der Waals surface area (Å²) in [5.41, 5.74) is 2.44. The van der Waals surface area contributed by atoms with Crippen LogP contribution in [0, 0.1) is 0 Å². The lowest BCUT2D eigenvalue weighted by Gasteiger charge is -2.17. The first-order valence-corrected chi connectivity index (χ1v) is 9.07. The normalized spacial score (nSPS) is 17.6. The van der Waals surface area contributed by atoms with Crippen molar-refractivity contribution in [2.75, 3.05) is 18.4 Å². The van der Waals surface area contributed by atoms with E-state index in [0.717, 1.165) is 42.8 Å². The van der Waals surface area contributed by atoms with Gasteiger partial charge in [0.05, 0.1) is 5.56 Å². The molecule has 0 radical (unpaired) electrons. The highest BCUT2D eigenvalue weighted by Crippen LogP contribution is 2.29. The highest BCUT2D eigenvalue weighted by Gasteiger charge is 2.30. The number of alkyl halides is 3. The molecule has 2 aromatic rings. The van der Waals surface area contributed by atoms with E-state index in [4.69, 9.17) is 5.21 Å². The van der Waals surface area contributed by atoms with E-state index < -0.39 is 17.6 Å². The van der Waals surface area contributed by atoms with Gasteiger partial charge in [-0.2, -0.15) is 13.2 Å². The van der Waals surface area contributed by atoms with Crippen molar-refractivity contribution in [1.29, 1.82) is 0 Å². The molecule has 0 unspecified atom stereocenters. The van der Waals surface area contributed by atoms with Crippen LogP contribution in [0.1, 0.15) is 23.1 Å². The second-order valence-electron chi connectivity index (χ2n) is 6.85. The van der Waals surface area contributed by atoms with Crippen molar-refractivity contribution in [3.8, 4) is 0 Å². The SMILES string of the molecule is O=C(/C=C/c1ccc(N[C@@H]2CCN(Cc3ccc(C(F)(F)F)cc3)C2)nc1)NO. The first-order valence-electron chi connectivity index (χ1n) is 9.07. The number of amides is 1. The molecule has 1 aromatic carbocycles. The molecule has 1 fully saturated rings. The molecule has 1 atom stereocenters. The van der Waals surface area contributed by atoms with Crippen LogP contribution in [0.2, 0.25) is 0 Å². The van der Waals surface area contributed by atoms with Gasteiger partial charge in [-0.05, 0) is 47.9 Å². The molecule has 6 nitrogen and oxygen atoms in total. The summed E-state index contributed by atoms with van der Waals surface area (Å²) in [4.78, 5) is 17.5. The quantitative estimate of drug-likeness (QED) is 0.390. The number of carbonyl (C=O) groups excluding carboxylic acids is 1. The van der Waals surface area contributed by atoms with Gasteiger partial charge >= 0.3 is 6.18 Å². The van der Waals surface area contributed by atoms with E-state index in [1.807, 2.05) is 0 Å². The Hall–Kier alpha value is -2.91. The van der Waals surface area contributed by atoms with Gasteiger partial charge in [0.2, 0.25) is 0 Å². The monoisotopic (exact) mass is 406 g/mol. The molecule has 154 valence electrons. The summed E-state index contributed by atoms with van der Waals surface area (Å²) in [6.07, 6.45) is 0.924. The Labute approximate surface area is 166 Å². The molecule has 3 rings (SSSR count). The fraction of sp³-hybridized carbons (Fsp3) is 0.300. The van der Waals surface area contributed by atoms with Crippen LogP contribution in [0.4, 0.5) is 19.0 Å². The maximum Gasteiger partial charge on any atom is 0.416 e. The molecule has 0 bridgehead atoms. The molecule has 0 saturated carbocycles. The van der Waals surface area contributed by atoms with Crippen LogP contribution in [0.25, 0.3) is 6.08 Å². The third-order valence-corrected chi connectivity index (χ3v) is 4.64. The number of hydrogen-bond acceptors (Lipinski definition) is 5. The van der Waals surface area contributed by atoms with Crippen molar-refractivity contribution in [3.63, 3.8) is 0 Å². The van der Waals surface area contributed by atoms with Gasteiger partial charge in [0.1, 0.15) is 5.82 Å². The first kappa shape index (κ1) is 20.8. The molecule has 1 saturated heterocycles. The van der Waals surface area contributed by atoms with Gasteiger partial charge in [-0.3, -0.25) is 14.9 Å². The number of likely N-dealkylation sites (tertiary alicyclic amines) is 1. The second kappa shape index (κ2) is 9.06. The van der Waals surface area contributed by atoms with E-state index >= 15 is 0 Å². The first-order chi connectivity index (χ1) is 13.8. The van der Waals surface area contributed by atoms with Crippen LogP contribution < -0.4 is 10.8 Å². The Morgan fingerprint density at radius 3 is 2.62 bits per heavy atom. The lowest BCUT2D eigenvalue weighted by Crippen LogP contribution is -2.26. The minimum atomic E-state index is -4.31. The zero-order valence-electron chi connectivity index (χ0n) is 15.5. The molecule has 3 N–H and O–H groups in total. The molecule has 1 aliphatic rings. The summed E-state index contributed by atoms with van der Waals surface area (Å²) in [5, 5.41) is 11.8. The van der Waals surface area contributed by atoms with Crippen LogP contribution in [-0.2, 0) is 17.5 Å². The summed E-state index contributed by atoms with van der Waals surface area (Å²) in [6, 6.07) is 9.07. The standard InChI is InChI=1S/C20H21F3N4O2/c21-20(22,23)16-5-1-15(2-6-16)12-27-10-9-17(13-27)25-18-7-3-14(11-24-18)4-8-19(28)26-29/h1-8,11,17,29H,9-10,12-13H2,(H,24,25)(H,26,28)/b8-4+/t17-/m1/s1. The Morgan fingerprint density at radius 1 is 1.24 bits per heavy atom. The Bertz CT molecular complexity index is 852. The van der Waals surface area contributed by atoms with Crippen LogP contribution in [0.5, 0.6) is 0 Å². The van der Waals surface area contributed by atoms with E-state index in [1.165, 1.54) is 29.8 Å². The zero-order valence-corrected chi connectivity index (χ0v) is 15.5. The van der Waals surface area contributed by atoms with Gasteiger partial charge in [0.25, 0.3) is 5.91 Å². The number of carbonyl (C=O) groups is 1. The average molecular weight is 406 g/mol. The van der Waals surface area contributed by atoms with E-state index in [-0.39, 0.29) is 6.04 Å². The molecule has 0 aliphatic carbocycles. The Balaban J connectivity index is 1.49. The van der Waals surface area contributed by atoms with Crippen LogP contribution in [0.3, 0.4) is 0 Å². The van der Waals surface area contributed by atoms with Crippen LogP contribution in [-0.4, -0.2) is 40.1 Å². The predicted molar refractivity (Wildman–Crippen MR) is 102 cm³/mol. The number of benzene rings is 1. The maximum absolute atomic E-state index is 12.6. The number of nitrogens with zero attached hydrogens (tertiary/aromatic N) is 2. The minimum absolute atomic E-state index is 0.193. The molecule has 0 spiro atoms. The summed E-state index contributed by atoms with van der Waals surface area (Å²) < 4.78 is 37.9. The number of hydrogen-bond donors (Lipinski definition) is 3. The largest absolute Gasteiger partial charge is 0.416 e. The number of hydroxylamine groups is 1. The zero-order chi connectivity index (χ0) is 20.9. The van der Waals surface area contributed by atoms with E-state index in [1.54, 1.807) is 18.3 Å². The number of aromatic nitrogens is 1. The van der Waals surface area contributed by atoms with Crippen LogP contribution in [0.15, 0.2) is 48.7 Å². The van der Waals surface area contributed by atoms with Gasteiger partial charge < -0.3 is 5.32 Å². The topological polar surface area (TPSA) is 77.5 Å². The second-order valence-corrected chi connectivity index (χ2v) is 6.85. The molecule has 29 heavy (non-hydrogen) atoms. The molecule has 1 aromatic heterocycles. The lowest BCUT2D eigenvalue weighted by atomic mass is 10.1. The number of nitrogens with one attached hydrogen (secondary N) is 2. The fourth-order valence-electron chi connectivity index (χ4n) is 3.16. The van der Waals surface area contributed by atoms with Crippen molar-refractivity contribution in [1.82, 2.24) is 15.4 Å². The summed E-state index contributed by atoms with van der Waals surface area (Å²) >= 11 is 0. The van der Waals surface area contributed by atoms with Gasteiger partial charge in [-0.1, -0.05) is 12.1 Å². The predicted octanol–water partition coefficient (Wildman–Crippen LogP) is 3.31. The molecule has 1 aliphatic heterocycles. The number of rotatable bonds is 6.